The molecule has 0 fully saturated rings. The molecule has 0 aliphatic heterocycles. The third kappa shape index (κ3) is 4.34. The van der Waals surface area contributed by atoms with Gasteiger partial charge in [0.2, 0.25) is 0 Å². The van der Waals surface area contributed by atoms with Crippen LogP contribution in [0, 0.1) is 6.92 Å². The summed E-state index contributed by atoms with van der Waals surface area (Å²) >= 11 is 6.79. The molecule has 3 aromatic rings. The highest BCUT2D eigenvalue weighted by atomic mass is 32.1. The minimum absolute atomic E-state index is 0.192. The van der Waals surface area contributed by atoms with Crippen molar-refractivity contribution in [2.75, 3.05) is 17.2 Å². The number of nitrogens with zero attached hydrogens (tertiary/aromatic N) is 2. The van der Waals surface area contributed by atoms with Gasteiger partial charge in [-0.05, 0) is 31.6 Å². The van der Waals surface area contributed by atoms with E-state index in [1.54, 1.807) is 14.0 Å². The van der Waals surface area contributed by atoms with Crippen molar-refractivity contribution in [3.05, 3.63) is 52.7 Å². The number of hydrogen-bond donors (Lipinski definition) is 3. The minimum atomic E-state index is -0.633. The molecule has 4 N–H and O–H groups in total. The number of hydrogen-bond acceptors (Lipinski definition) is 6. The lowest BCUT2D eigenvalue weighted by molar-refractivity contribution is 0.0529. The fraction of sp³-hybridized carbons (Fsp3) is 0.200. The highest BCUT2D eigenvalue weighted by Gasteiger charge is 2.25. The molecule has 0 spiro atoms. The number of aryl methyl sites for hydroxylation is 2. The molecule has 0 atom stereocenters. The van der Waals surface area contributed by atoms with Crippen LogP contribution in [0.2, 0.25) is 0 Å². The Kier molecular flexibility index (Phi) is 6.48. The van der Waals surface area contributed by atoms with Crippen molar-refractivity contribution < 1.29 is 14.3 Å². The molecule has 2 aromatic heterocycles. The summed E-state index contributed by atoms with van der Waals surface area (Å²) in [6.45, 7) is 3.94. The Bertz CT molecular complexity index is 1110. The molecule has 8 nitrogen and oxygen atoms in total. The number of benzene rings is 1. The van der Waals surface area contributed by atoms with E-state index in [1.807, 2.05) is 37.3 Å². The van der Waals surface area contributed by atoms with Gasteiger partial charge in [-0.2, -0.15) is 5.10 Å². The number of esters is 1. The van der Waals surface area contributed by atoms with E-state index in [1.165, 1.54) is 22.2 Å². The van der Waals surface area contributed by atoms with Gasteiger partial charge in [0.25, 0.3) is 5.91 Å². The molecule has 0 saturated heterocycles. The van der Waals surface area contributed by atoms with E-state index in [4.69, 9.17) is 22.7 Å². The molecule has 10 heteroatoms. The molecule has 1 amide bonds. The van der Waals surface area contributed by atoms with Gasteiger partial charge in [0.1, 0.15) is 16.3 Å². The normalized spacial score (nSPS) is 10.5. The van der Waals surface area contributed by atoms with Crippen LogP contribution < -0.4 is 16.4 Å². The molecule has 0 aliphatic carbocycles. The molecule has 30 heavy (non-hydrogen) atoms. The molecule has 2 heterocycles. The third-order valence-electron chi connectivity index (χ3n) is 4.27. The zero-order valence-corrected chi connectivity index (χ0v) is 18.3. The Morgan fingerprint density at radius 1 is 1.27 bits per heavy atom. The van der Waals surface area contributed by atoms with Gasteiger partial charge in [-0.3, -0.25) is 9.48 Å². The van der Waals surface area contributed by atoms with Gasteiger partial charge in [0, 0.05) is 17.5 Å². The van der Waals surface area contributed by atoms with Crippen molar-refractivity contribution >= 4 is 51.2 Å². The smallest absolute Gasteiger partial charge is 0.341 e. The van der Waals surface area contributed by atoms with Crippen LogP contribution in [0.15, 0.2) is 36.5 Å². The molecule has 1 aromatic carbocycles. The first-order chi connectivity index (χ1) is 14.3. The van der Waals surface area contributed by atoms with Crippen LogP contribution in [-0.4, -0.2) is 33.4 Å². The zero-order valence-electron chi connectivity index (χ0n) is 16.7. The zero-order chi connectivity index (χ0) is 21.8. The fourth-order valence-electron chi connectivity index (χ4n) is 3.06. The standard InChI is InChI=1S/C20H21N5O3S2/c1-4-28-19(27)15-14(12-8-6-5-7-9-12)11(2)30-18(15)24-20(29)23-13-10-22-25(3)16(13)17(21)26/h5-10H,4H2,1-3H3,(H2,21,26)(H2,23,24,29). The number of thiophene rings is 1. The molecule has 0 unspecified atom stereocenters. The van der Waals surface area contributed by atoms with Crippen LogP contribution >= 0.6 is 23.6 Å². The number of thiocarbonyl (C=S) groups is 1. The minimum Gasteiger partial charge on any atom is -0.462 e. The number of anilines is 2. The molecule has 3 rings (SSSR count). The summed E-state index contributed by atoms with van der Waals surface area (Å²) in [5.74, 6) is -1.07. The number of aromatic nitrogens is 2. The topological polar surface area (TPSA) is 111 Å². The van der Waals surface area contributed by atoms with Crippen LogP contribution in [0.3, 0.4) is 0 Å². The lowest BCUT2D eigenvalue weighted by atomic mass is 10.0. The summed E-state index contributed by atoms with van der Waals surface area (Å²) in [7, 11) is 1.61. The first kappa shape index (κ1) is 21.5. The summed E-state index contributed by atoms with van der Waals surface area (Å²) in [5, 5.41) is 10.7. The highest BCUT2D eigenvalue weighted by Crippen LogP contribution is 2.40. The average molecular weight is 444 g/mol. The second-order valence-electron chi connectivity index (χ2n) is 6.30. The maximum atomic E-state index is 12.8. The van der Waals surface area contributed by atoms with E-state index in [9.17, 15) is 9.59 Å². The number of nitrogens with one attached hydrogen (secondary N) is 2. The molecule has 0 bridgehead atoms. The SMILES string of the molecule is CCOC(=O)c1c(NC(=S)Nc2cnn(C)c2C(N)=O)sc(C)c1-c1ccccc1. The van der Waals surface area contributed by atoms with E-state index in [2.05, 4.69) is 15.7 Å². The van der Waals surface area contributed by atoms with E-state index >= 15 is 0 Å². The lowest BCUT2D eigenvalue weighted by Crippen LogP contribution is -2.23. The molecular weight excluding hydrogens is 422 g/mol. The number of amides is 1. The van der Waals surface area contributed by atoms with Crippen molar-refractivity contribution in [2.24, 2.45) is 12.8 Å². The molecular formula is C20H21N5O3S2. The van der Waals surface area contributed by atoms with Crippen molar-refractivity contribution in [3.8, 4) is 11.1 Å². The van der Waals surface area contributed by atoms with Crippen molar-refractivity contribution in [2.45, 2.75) is 13.8 Å². The van der Waals surface area contributed by atoms with Gasteiger partial charge >= 0.3 is 5.97 Å². The van der Waals surface area contributed by atoms with Gasteiger partial charge < -0.3 is 21.1 Å². The monoisotopic (exact) mass is 443 g/mol. The second kappa shape index (κ2) is 9.06. The molecule has 156 valence electrons. The Hall–Kier alpha value is -3.24. The Labute approximate surface area is 183 Å². The maximum absolute atomic E-state index is 12.8. The summed E-state index contributed by atoms with van der Waals surface area (Å²) in [5.41, 5.74) is 8.09. The first-order valence-corrected chi connectivity index (χ1v) is 10.3. The summed E-state index contributed by atoms with van der Waals surface area (Å²) in [6.07, 6.45) is 1.45. The molecule has 0 aliphatic rings. The third-order valence-corrected chi connectivity index (χ3v) is 5.50. The van der Waals surface area contributed by atoms with Crippen LogP contribution in [0.25, 0.3) is 11.1 Å². The summed E-state index contributed by atoms with van der Waals surface area (Å²) in [6, 6.07) is 9.61. The highest BCUT2D eigenvalue weighted by molar-refractivity contribution is 7.80. The average Bonchev–Trinajstić information content (AvgIpc) is 3.21. The Morgan fingerprint density at radius 2 is 1.97 bits per heavy atom. The number of nitrogens with two attached hydrogens (primary N) is 1. The number of carbonyl (C=O) groups excluding carboxylic acids is 2. The van der Waals surface area contributed by atoms with Gasteiger partial charge in [-0.25, -0.2) is 4.79 Å². The van der Waals surface area contributed by atoms with Crippen LogP contribution in [0.4, 0.5) is 10.7 Å². The van der Waals surface area contributed by atoms with Crippen LogP contribution in [-0.2, 0) is 11.8 Å². The van der Waals surface area contributed by atoms with E-state index < -0.39 is 11.9 Å². The van der Waals surface area contributed by atoms with E-state index in [0.717, 1.165) is 16.0 Å². The van der Waals surface area contributed by atoms with Crippen molar-refractivity contribution in [1.29, 1.82) is 0 Å². The Morgan fingerprint density at radius 3 is 2.60 bits per heavy atom. The lowest BCUT2D eigenvalue weighted by Gasteiger charge is -2.12. The van der Waals surface area contributed by atoms with Gasteiger partial charge in [-0.15, -0.1) is 11.3 Å². The number of rotatable bonds is 6. The molecule has 0 saturated carbocycles. The fourth-order valence-corrected chi connectivity index (χ4v) is 4.41. The summed E-state index contributed by atoms with van der Waals surface area (Å²) < 4.78 is 6.65. The van der Waals surface area contributed by atoms with E-state index in [-0.39, 0.29) is 17.4 Å². The number of carbonyl (C=O) groups is 2. The maximum Gasteiger partial charge on any atom is 0.341 e. The Balaban J connectivity index is 1.95. The predicted octanol–water partition coefficient (Wildman–Crippen LogP) is 3.54. The van der Waals surface area contributed by atoms with Gasteiger partial charge in [0.15, 0.2) is 5.11 Å². The van der Waals surface area contributed by atoms with Gasteiger partial charge in [0.05, 0.1) is 18.5 Å². The van der Waals surface area contributed by atoms with Crippen molar-refractivity contribution in [3.63, 3.8) is 0 Å². The number of ether oxygens (including phenoxy) is 1. The van der Waals surface area contributed by atoms with E-state index in [0.29, 0.717) is 16.3 Å². The first-order valence-electron chi connectivity index (χ1n) is 9.09. The van der Waals surface area contributed by atoms with Crippen LogP contribution in [0.1, 0.15) is 32.6 Å². The number of primary amides is 1. The largest absolute Gasteiger partial charge is 0.462 e. The quantitative estimate of drug-likeness (QED) is 0.395. The van der Waals surface area contributed by atoms with Gasteiger partial charge in [-0.1, -0.05) is 30.3 Å². The summed E-state index contributed by atoms with van der Waals surface area (Å²) in [4.78, 5) is 25.4. The van der Waals surface area contributed by atoms with Crippen LogP contribution in [0.5, 0.6) is 0 Å². The molecule has 0 radical (unpaired) electrons. The second-order valence-corrected chi connectivity index (χ2v) is 7.93. The van der Waals surface area contributed by atoms with Crippen molar-refractivity contribution in [1.82, 2.24) is 9.78 Å². The predicted molar refractivity (Wildman–Crippen MR) is 122 cm³/mol.